The lowest BCUT2D eigenvalue weighted by Crippen LogP contribution is -2.64. The molecule has 3 amide bonds. The molecule has 28 heavy (non-hydrogen) atoms. The fourth-order valence-corrected chi connectivity index (χ4v) is 4.36. The predicted molar refractivity (Wildman–Crippen MR) is 98.2 cm³/mol. The third kappa shape index (κ3) is 4.07. The van der Waals surface area contributed by atoms with Crippen LogP contribution in [0.2, 0.25) is 0 Å². The van der Waals surface area contributed by atoms with Crippen LogP contribution in [0.4, 0.5) is 4.79 Å². The van der Waals surface area contributed by atoms with Crippen molar-refractivity contribution in [2.45, 2.75) is 70.7 Å². The number of hydrogen-bond donors (Lipinski definition) is 1. The molecule has 0 spiro atoms. The van der Waals surface area contributed by atoms with Crippen LogP contribution in [0.1, 0.15) is 52.9 Å². The van der Waals surface area contributed by atoms with E-state index in [1.807, 2.05) is 0 Å². The second kappa shape index (κ2) is 7.60. The number of nitrogens with zero attached hydrogens (tertiary/aromatic N) is 3. The van der Waals surface area contributed by atoms with Gasteiger partial charge in [-0.2, -0.15) is 0 Å². The number of amides is 3. The summed E-state index contributed by atoms with van der Waals surface area (Å²) < 4.78 is 5.53. The molecule has 0 saturated carbocycles. The van der Waals surface area contributed by atoms with Gasteiger partial charge in [0.2, 0.25) is 11.8 Å². The Morgan fingerprint density at radius 1 is 1.04 bits per heavy atom. The average molecular weight is 395 g/mol. The molecule has 3 aliphatic rings. The van der Waals surface area contributed by atoms with E-state index in [4.69, 9.17) is 4.74 Å². The number of piperidine rings is 1. The van der Waals surface area contributed by atoms with E-state index < -0.39 is 35.8 Å². The Hall–Kier alpha value is -2.32. The maximum atomic E-state index is 12.9. The highest BCUT2D eigenvalue weighted by molar-refractivity contribution is 5.82. The number of aliphatic carboxylic acids is 1. The topological polar surface area (TPSA) is 107 Å². The third-order valence-corrected chi connectivity index (χ3v) is 5.60. The summed E-state index contributed by atoms with van der Waals surface area (Å²) in [6.07, 6.45) is 0.992. The molecule has 9 nitrogen and oxygen atoms in total. The van der Waals surface area contributed by atoms with Crippen molar-refractivity contribution >= 4 is 23.9 Å². The zero-order chi connectivity index (χ0) is 20.6. The van der Waals surface area contributed by atoms with Crippen LogP contribution in [0.25, 0.3) is 0 Å². The lowest BCUT2D eigenvalue weighted by Gasteiger charge is -2.48. The number of likely N-dealkylation sites (tertiary alicyclic amines) is 3. The second-order valence-electron chi connectivity index (χ2n) is 8.74. The summed E-state index contributed by atoms with van der Waals surface area (Å²) in [6, 6.07) is -0.617. The molecule has 3 aliphatic heterocycles. The van der Waals surface area contributed by atoms with Crippen LogP contribution in [0.15, 0.2) is 0 Å². The summed E-state index contributed by atoms with van der Waals surface area (Å²) >= 11 is 0. The van der Waals surface area contributed by atoms with Gasteiger partial charge in [0.05, 0.1) is 12.0 Å². The molecule has 0 aromatic rings. The Labute approximate surface area is 164 Å². The minimum atomic E-state index is -1.01. The third-order valence-electron chi connectivity index (χ3n) is 5.60. The van der Waals surface area contributed by atoms with Crippen molar-refractivity contribution in [2.24, 2.45) is 5.92 Å². The SMILES string of the molecule is CC(C)(C)OC(=O)N1CC(N2CCCC2=O)C(C(=O)O)CC1N1CCCC1=O. The zero-order valence-corrected chi connectivity index (χ0v) is 16.7. The van der Waals surface area contributed by atoms with E-state index >= 15 is 0 Å². The molecular weight excluding hydrogens is 366 g/mol. The Kier molecular flexibility index (Phi) is 5.54. The number of carboxylic acid groups (broad SMARTS) is 1. The van der Waals surface area contributed by atoms with E-state index in [9.17, 15) is 24.3 Å². The van der Waals surface area contributed by atoms with Crippen LogP contribution in [-0.2, 0) is 19.1 Å². The summed E-state index contributed by atoms with van der Waals surface area (Å²) in [6.45, 7) is 6.29. The molecule has 0 aliphatic carbocycles. The highest BCUT2D eigenvalue weighted by Crippen LogP contribution is 2.34. The lowest BCUT2D eigenvalue weighted by atomic mass is 9.88. The number of carbonyl (C=O) groups is 4. The van der Waals surface area contributed by atoms with Crippen molar-refractivity contribution in [3.63, 3.8) is 0 Å². The predicted octanol–water partition coefficient (Wildman–Crippen LogP) is 1.27. The molecular formula is C19H29N3O6. The van der Waals surface area contributed by atoms with Crippen molar-refractivity contribution in [1.82, 2.24) is 14.7 Å². The molecule has 3 fully saturated rings. The molecule has 3 saturated heterocycles. The van der Waals surface area contributed by atoms with E-state index in [1.54, 1.807) is 30.6 Å². The standard InChI is InChI=1S/C19H29N3O6/c1-19(2,3)28-18(27)22-11-13(20-8-4-6-15(20)23)12(17(25)26)10-14(22)21-9-5-7-16(21)24/h12-14H,4-11H2,1-3H3,(H,25,26). The van der Waals surface area contributed by atoms with Gasteiger partial charge in [-0.15, -0.1) is 0 Å². The fourth-order valence-electron chi connectivity index (χ4n) is 4.36. The highest BCUT2D eigenvalue weighted by atomic mass is 16.6. The minimum Gasteiger partial charge on any atom is -0.481 e. The van der Waals surface area contributed by atoms with Gasteiger partial charge in [-0.3, -0.25) is 19.3 Å². The van der Waals surface area contributed by atoms with Crippen LogP contribution in [0.5, 0.6) is 0 Å². The maximum absolute atomic E-state index is 12.9. The summed E-state index contributed by atoms with van der Waals surface area (Å²) in [4.78, 5) is 54.1. The van der Waals surface area contributed by atoms with Gasteiger partial charge < -0.3 is 19.6 Å². The van der Waals surface area contributed by atoms with Gasteiger partial charge in [-0.25, -0.2) is 4.79 Å². The molecule has 0 radical (unpaired) electrons. The zero-order valence-electron chi connectivity index (χ0n) is 16.7. The monoisotopic (exact) mass is 395 g/mol. The first kappa shape index (κ1) is 20.4. The largest absolute Gasteiger partial charge is 0.481 e. The van der Waals surface area contributed by atoms with Crippen molar-refractivity contribution in [1.29, 1.82) is 0 Å². The van der Waals surface area contributed by atoms with Crippen molar-refractivity contribution < 1.29 is 29.0 Å². The van der Waals surface area contributed by atoms with Crippen LogP contribution < -0.4 is 0 Å². The maximum Gasteiger partial charge on any atom is 0.412 e. The minimum absolute atomic E-state index is 0.0477. The molecule has 3 heterocycles. The number of carboxylic acids is 1. The van der Waals surface area contributed by atoms with E-state index in [0.29, 0.717) is 38.8 Å². The first-order valence-electron chi connectivity index (χ1n) is 9.90. The molecule has 0 bridgehead atoms. The highest BCUT2D eigenvalue weighted by Gasteiger charge is 2.49. The van der Waals surface area contributed by atoms with Gasteiger partial charge in [0.25, 0.3) is 0 Å². The summed E-state index contributed by atoms with van der Waals surface area (Å²) in [5.41, 5.74) is -0.723. The number of carbonyl (C=O) groups excluding carboxylic acids is 3. The first-order valence-corrected chi connectivity index (χ1v) is 9.90. The van der Waals surface area contributed by atoms with Crippen LogP contribution in [0, 0.1) is 5.92 Å². The molecule has 9 heteroatoms. The van der Waals surface area contributed by atoms with Crippen LogP contribution in [-0.4, -0.2) is 81.1 Å². The van der Waals surface area contributed by atoms with Crippen molar-refractivity contribution in [3.8, 4) is 0 Å². The van der Waals surface area contributed by atoms with Gasteiger partial charge in [-0.05, 0) is 33.6 Å². The lowest BCUT2D eigenvalue weighted by molar-refractivity contribution is -0.155. The van der Waals surface area contributed by atoms with Crippen molar-refractivity contribution in [2.75, 3.05) is 19.6 Å². The molecule has 3 atom stereocenters. The molecule has 0 aromatic carbocycles. The molecule has 3 rings (SSSR count). The Bertz CT molecular complexity index is 673. The summed E-state index contributed by atoms with van der Waals surface area (Å²) in [5.74, 6) is -2.01. The first-order chi connectivity index (χ1) is 13.1. The molecule has 156 valence electrons. The van der Waals surface area contributed by atoms with Crippen molar-refractivity contribution in [3.05, 3.63) is 0 Å². The second-order valence-corrected chi connectivity index (χ2v) is 8.74. The van der Waals surface area contributed by atoms with Gasteiger partial charge in [0.1, 0.15) is 11.8 Å². The van der Waals surface area contributed by atoms with E-state index in [0.717, 1.165) is 0 Å². The number of rotatable bonds is 3. The average Bonchev–Trinajstić information content (AvgIpc) is 3.20. The smallest absolute Gasteiger partial charge is 0.412 e. The molecule has 0 aromatic heterocycles. The quantitative estimate of drug-likeness (QED) is 0.771. The molecule has 1 N–H and O–H groups in total. The van der Waals surface area contributed by atoms with E-state index in [1.165, 1.54) is 4.90 Å². The molecule has 3 unspecified atom stereocenters. The Morgan fingerprint density at radius 2 is 1.61 bits per heavy atom. The van der Waals surface area contributed by atoms with Crippen LogP contribution in [0.3, 0.4) is 0 Å². The van der Waals surface area contributed by atoms with Gasteiger partial charge >= 0.3 is 12.1 Å². The van der Waals surface area contributed by atoms with E-state index in [-0.39, 0.29) is 24.8 Å². The van der Waals surface area contributed by atoms with Crippen LogP contribution >= 0.6 is 0 Å². The normalized spacial score (nSPS) is 28.8. The number of hydrogen-bond acceptors (Lipinski definition) is 5. The van der Waals surface area contributed by atoms with Gasteiger partial charge in [0.15, 0.2) is 0 Å². The summed E-state index contributed by atoms with van der Waals surface area (Å²) in [7, 11) is 0. The fraction of sp³-hybridized carbons (Fsp3) is 0.789. The van der Waals surface area contributed by atoms with E-state index in [2.05, 4.69) is 0 Å². The number of ether oxygens (including phenoxy) is 1. The Balaban J connectivity index is 1.91. The Morgan fingerprint density at radius 3 is 2.07 bits per heavy atom. The van der Waals surface area contributed by atoms with Gasteiger partial charge in [0, 0.05) is 38.9 Å². The van der Waals surface area contributed by atoms with Gasteiger partial charge in [-0.1, -0.05) is 0 Å². The summed E-state index contributed by atoms with van der Waals surface area (Å²) in [5, 5.41) is 9.82.